The highest BCUT2D eigenvalue weighted by Gasteiger charge is 2.45. The van der Waals surface area contributed by atoms with Crippen LogP contribution in [0.25, 0.3) is 0 Å². The molecule has 4 aliphatic rings. The second-order valence-electron chi connectivity index (χ2n) is 13.0. The lowest BCUT2D eigenvalue weighted by Crippen LogP contribution is -2.49. The number of anilines is 2. The summed E-state index contributed by atoms with van der Waals surface area (Å²) in [6, 6.07) is 8.11. The van der Waals surface area contributed by atoms with Crippen LogP contribution in [0, 0.1) is 11.8 Å². The second kappa shape index (κ2) is 13.5. The van der Waals surface area contributed by atoms with Crippen molar-refractivity contribution in [2.45, 2.75) is 61.0 Å². The summed E-state index contributed by atoms with van der Waals surface area (Å²) in [4.78, 5) is 32.6. The van der Waals surface area contributed by atoms with Gasteiger partial charge in [0.05, 0.1) is 10.9 Å². The molecule has 256 valence electrons. The van der Waals surface area contributed by atoms with Crippen LogP contribution in [0.2, 0.25) is 5.15 Å². The van der Waals surface area contributed by atoms with Gasteiger partial charge in [0.2, 0.25) is 21.8 Å². The van der Waals surface area contributed by atoms with Gasteiger partial charge in [-0.25, -0.2) is 22.2 Å². The average molecular weight is 695 g/mol. The Morgan fingerprint density at radius 1 is 1.02 bits per heavy atom. The predicted octanol–water partition coefficient (Wildman–Crippen LogP) is 1.62. The summed E-state index contributed by atoms with van der Waals surface area (Å²) >= 11 is 6.25. The van der Waals surface area contributed by atoms with Crippen molar-refractivity contribution in [2.24, 2.45) is 23.3 Å². The highest BCUT2D eigenvalue weighted by molar-refractivity contribution is 7.89. The molecule has 1 aromatic heterocycles. The van der Waals surface area contributed by atoms with Crippen molar-refractivity contribution in [3.8, 4) is 0 Å². The average Bonchev–Trinajstić information content (AvgIpc) is 3.63. The van der Waals surface area contributed by atoms with Crippen LogP contribution in [0.1, 0.15) is 37.7 Å². The molecule has 12 nitrogen and oxygen atoms in total. The molecule has 6 N–H and O–H groups in total. The molecule has 6 rings (SSSR count). The molecule has 2 aromatic rings. The molecule has 2 amide bonds. The summed E-state index contributed by atoms with van der Waals surface area (Å²) in [5, 5.41) is 6.03. The zero-order chi connectivity index (χ0) is 33.5. The van der Waals surface area contributed by atoms with Crippen LogP contribution in [-0.2, 0) is 25.5 Å². The van der Waals surface area contributed by atoms with Gasteiger partial charge in [-0.3, -0.25) is 9.59 Å². The van der Waals surface area contributed by atoms with Crippen molar-refractivity contribution in [3.63, 3.8) is 0 Å². The number of nitrogens with two attached hydrogens (primary N) is 2. The summed E-state index contributed by atoms with van der Waals surface area (Å²) in [6.07, 6.45) is 1.35. The van der Waals surface area contributed by atoms with E-state index in [0.29, 0.717) is 38.2 Å². The minimum absolute atomic E-state index is 0.0701. The van der Waals surface area contributed by atoms with E-state index in [9.17, 15) is 18.0 Å². The van der Waals surface area contributed by atoms with Crippen molar-refractivity contribution < 1.29 is 26.8 Å². The molecule has 47 heavy (non-hydrogen) atoms. The van der Waals surface area contributed by atoms with Gasteiger partial charge in [0.25, 0.3) is 5.92 Å². The maximum Gasteiger partial charge on any atom is 0.276 e. The topological polar surface area (TPSA) is 167 Å². The Morgan fingerprint density at radius 3 is 2.30 bits per heavy atom. The predicted molar refractivity (Wildman–Crippen MR) is 174 cm³/mol. The van der Waals surface area contributed by atoms with Crippen molar-refractivity contribution in [2.75, 3.05) is 55.6 Å². The SMILES string of the molecule is N[C@@H]1CC(=O)N(c2ccc(S(=O)(=O)N3CCN(c4cc(C(F)(F)C5CCC(C(=O)N[C@@H]6CNC[C@@H]6N)CC5)cc(Cl)n4)CC3)cc2)C1. The van der Waals surface area contributed by atoms with Crippen LogP contribution in [0.5, 0.6) is 0 Å². The standard InChI is InChI=1S/C31H41ClF2N8O4S/c32-27-13-21(31(33,34)20-3-1-19(2-4-20)30(44)38-26-17-37-16-25(26)36)14-28(39-27)40-9-11-41(12-10-40)47(45,46)24-7-5-23(6-8-24)42-18-22(35)15-29(42)43/h5-8,13-14,19-20,22,25-26,37H,1-4,9-12,15-18,35-36H2,(H,38,44)/t19?,20?,22-,25+,26-/m1/s1. The Morgan fingerprint density at radius 2 is 1.70 bits per heavy atom. The third-order valence-electron chi connectivity index (χ3n) is 9.87. The second-order valence-corrected chi connectivity index (χ2v) is 15.3. The van der Waals surface area contributed by atoms with E-state index in [-0.39, 0.29) is 103 Å². The first kappa shape index (κ1) is 33.9. The van der Waals surface area contributed by atoms with Gasteiger partial charge in [0.15, 0.2) is 0 Å². The maximum absolute atomic E-state index is 15.9. The molecule has 1 saturated carbocycles. The fourth-order valence-electron chi connectivity index (χ4n) is 7.04. The fraction of sp³-hybridized carbons (Fsp3) is 0.581. The first-order valence-electron chi connectivity index (χ1n) is 16.1. The lowest BCUT2D eigenvalue weighted by atomic mass is 9.77. The number of benzene rings is 1. The van der Waals surface area contributed by atoms with E-state index in [1.165, 1.54) is 28.6 Å². The zero-order valence-electron chi connectivity index (χ0n) is 26.0. The number of rotatable bonds is 8. The molecule has 4 heterocycles. The Kier molecular flexibility index (Phi) is 9.76. The number of amides is 2. The van der Waals surface area contributed by atoms with E-state index in [4.69, 9.17) is 23.1 Å². The molecule has 1 aliphatic carbocycles. The van der Waals surface area contributed by atoms with Gasteiger partial charge < -0.3 is 31.9 Å². The van der Waals surface area contributed by atoms with Gasteiger partial charge in [0, 0.05) is 87.4 Å². The van der Waals surface area contributed by atoms with Crippen molar-refractivity contribution in [1.82, 2.24) is 19.9 Å². The highest BCUT2D eigenvalue weighted by Crippen LogP contribution is 2.46. The van der Waals surface area contributed by atoms with Crippen molar-refractivity contribution >= 4 is 44.9 Å². The van der Waals surface area contributed by atoms with E-state index < -0.39 is 21.9 Å². The number of aromatic nitrogens is 1. The zero-order valence-corrected chi connectivity index (χ0v) is 27.5. The number of halogens is 3. The van der Waals surface area contributed by atoms with Crippen molar-refractivity contribution in [3.05, 3.63) is 47.1 Å². The van der Waals surface area contributed by atoms with Gasteiger partial charge in [-0.15, -0.1) is 0 Å². The maximum atomic E-state index is 15.9. The lowest BCUT2D eigenvalue weighted by Gasteiger charge is -2.36. The van der Waals surface area contributed by atoms with Crippen LogP contribution in [0.4, 0.5) is 20.3 Å². The Bertz CT molecular complexity index is 1580. The first-order chi connectivity index (χ1) is 22.3. The number of nitrogens with one attached hydrogen (secondary N) is 2. The lowest BCUT2D eigenvalue weighted by molar-refractivity contribution is -0.129. The van der Waals surface area contributed by atoms with Crippen molar-refractivity contribution in [1.29, 1.82) is 0 Å². The normalized spacial score (nSPS) is 27.8. The third kappa shape index (κ3) is 7.10. The highest BCUT2D eigenvalue weighted by atomic mass is 35.5. The number of hydrogen-bond acceptors (Lipinski definition) is 9. The van der Waals surface area contributed by atoms with E-state index in [1.807, 2.05) is 0 Å². The Balaban J connectivity index is 1.06. The van der Waals surface area contributed by atoms with Crippen LogP contribution >= 0.6 is 11.6 Å². The van der Waals surface area contributed by atoms with E-state index in [0.717, 1.165) is 0 Å². The molecular weight excluding hydrogens is 654 g/mol. The van der Waals surface area contributed by atoms with Crippen LogP contribution in [0.15, 0.2) is 41.3 Å². The summed E-state index contributed by atoms with van der Waals surface area (Å²) < 4.78 is 60.0. The molecular formula is C31H41ClF2N8O4S. The molecule has 3 saturated heterocycles. The largest absolute Gasteiger partial charge is 0.354 e. The molecule has 0 spiro atoms. The number of carbonyl (C=O) groups is 2. The minimum atomic E-state index is -3.83. The quantitative estimate of drug-likeness (QED) is 0.301. The molecule has 3 atom stereocenters. The monoisotopic (exact) mass is 694 g/mol. The summed E-state index contributed by atoms with van der Waals surface area (Å²) in [5.41, 5.74) is 12.2. The molecule has 1 aromatic carbocycles. The Labute approximate surface area is 278 Å². The number of carbonyl (C=O) groups excluding carboxylic acids is 2. The van der Waals surface area contributed by atoms with Crippen LogP contribution in [-0.4, -0.2) is 93.5 Å². The summed E-state index contributed by atoms with van der Waals surface area (Å²) in [7, 11) is -3.83. The number of sulfonamides is 1. The van der Waals surface area contributed by atoms with Gasteiger partial charge >= 0.3 is 0 Å². The number of pyridine rings is 1. The number of nitrogens with zero attached hydrogens (tertiary/aromatic N) is 4. The molecule has 0 unspecified atom stereocenters. The van der Waals surface area contributed by atoms with Gasteiger partial charge in [-0.1, -0.05) is 11.6 Å². The molecule has 4 fully saturated rings. The van der Waals surface area contributed by atoms with E-state index in [2.05, 4.69) is 15.6 Å². The van der Waals surface area contributed by atoms with Gasteiger partial charge in [-0.2, -0.15) is 4.31 Å². The van der Waals surface area contributed by atoms with Crippen LogP contribution in [0.3, 0.4) is 0 Å². The fourth-order valence-corrected chi connectivity index (χ4v) is 8.66. The number of alkyl halides is 2. The third-order valence-corrected chi connectivity index (χ3v) is 12.0. The summed E-state index contributed by atoms with van der Waals surface area (Å²) in [6.45, 7) is 2.32. The van der Waals surface area contributed by atoms with Gasteiger partial charge in [-0.05, 0) is 62.1 Å². The molecule has 3 aliphatic heterocycles. The minimum Gasteiger partial charge on any atom is -0.354 e. The van der Waals surface area contributed by atoms with E-state index >= 15 is 8.78 Å². The number of piperazine rings is 1. The molecule has 0 bridgehead atoms. The summed E-state index contributed by atoms with van der Waals surface area (Å²) in [5.74, 6) is -4.45. The van der Waals surface area contributed by atoms with Crippen LogP contribution < -0.4 is 31.9 Å². The Hall–Kier alpha value is -2.95. The van der Waals surface area contributed by atoms with E-state index in [1.54, 1.807) is 21.9 Å². The smallest absolute Gasteiger partial charge is 0.276 e. The van der Waals surface area contributed by atoms with Gasteiger partial charge in [0.1, 0.15) is 11.0 Å². The first-order valence-corrected chi connectivity index (χ1v) is 17.9. The molecule has 0 radical (unpaired) electrons. The molecule has 16 heteroatoms. The number of hydrogen-bond donors (Lipinski definition) is 4.